The van der Waals surface area contributed by atoms with Gasteiger partial charge in [0.2, 0.25) is 0 Å². The van der Waals surface area contributed by atoms with Crippen LogP contribution in [-0.4, -0.2) is 19.4 Å². The number of hydrogen-bond acceptors (Lipinski definition) is 5. The van der Waals surface area contributed by atoms with E-state index in [9.17, 15) is 8.42 Å². The zero-order valence-corrected chi connectivity index (χ0v) is 13.3. The molecule has 1 saturated carbocycles. The first kappa shape index (κ1) is 14.5. The number of nitrogens with one attached hydrogen (secondary N) is 2. The molecule has 112 valence electrons. The molecule has 7 heteroatoms. The van der Waals surface area contributed by atoms with E-state index in [4.69, 9.17) is 0 Å². The third-order valence-corrected chi connectivity index (χ3v) is 5.79. The van der Waals surface area contributed by atoms with Crippen LogP contribution in [0.3, 0.4) is 0 Å². The molecule has 1 aliphatic carbocycles. The third-order valence-electron chi connectivity index (χ3n) is 3.27. The smallest absolute Gasteiger partial charge is 0.263 e. The van der Waals surface area contributed by atoms with Crippen molar-refractivity contribution in [3.63, 3.8) is 0 Å². The first-order chi connectivity index (χ1) is 10.0. The molecule has 3 rings (SSSR count). The molecule has 0 saturated heterocycles. The molecule has 0 spiro atoms. The summed E-state index contributed by atoms with van der Waals surface area (Å²) in [5, 5.41) is 5.17. The molecule has 2 heterocycles. The first-order valence-electron chi connectivity index (χ1n) is 6.80. The van der Waals surface area contributed by atoms with Gasteiger partial charge in [0.25, 0.3) is 10.0 Å². The van der Waals surface area contributed by atoms with Crippen molar-refractivity contribution in [3.8, 4) is 0 Å². The quantitative estimate of drug-likeness (QED) is 0.857. The van der Waals surface area contributed by atoms with Gasteiger partial charge in [0.15, 0.2) is 0 Å². The van der Waals surface area contributed by atoms with Crippen LogP contribution in [0.25, 0.3) is 0 Å². The van der Waals surface area contributed by atoms with Crippen molar-refractivity contribution in [2.24, 2.45) is 0 Å². The Bertz CT molecular complexity index is 736. The lowest BCUT2D eigenvalue weighted by atomic mass is 10.3. The molecule has 0 amide bonds. The molecule has 5 nitrogen and oxygen atoms in total. The summed E-state index contributed by atoms with van der Waals surface area (Å²) in [7, 11) is -3.55. The molecule has 1 aliphatic rings. The molecule has 2 aromatic rings. The van der Waals surface area contributed by atoms with Gasteiger partial charge in [0.1, 0.15) is 4.90 Å². The SMILES string of the molecule is Cc1cc(NS(=O)(=O)c2ccsc2CNC2CC2)ccn1. The second-order valence-electron chi connectivity index (χ2n) is 5.15. The number of nitrogens with zero attached hydrogens (tertiary/aromatic N) is 1. The molecule has 0 atom stereocenters. The highest BCUT2D eigenvalue weighted by atomic mass is 32.2. The Hall–Kier alpha value is -1.44. The van der Waals surface area contributed by atoms with E-state index in [-0.39, 0.29) is 0 Å². The van der Waals surface area contributed by atoms with Crippen LogP contribution in [0, 0.1) is 6.92 Å². The highest BCUT2D eigenvalue weighted by Gasteiger charge is 2.24. The van der Waals surface area contributed by atoms with Crippen LogP contribution in [0.1, 0.15) is 23.4 Å². The highest BCUT2D eigenvalue weighted by molar-refractivity contribution is 7.93. The molecular formula is C14H17N3O2S2. The van der Waals surface area contributed by atoms with E-state index in [0.29, 0.717) is 23.2 Å². The van der Waals surface area contributed by atoms with Gasteiger partial charge >= 0.3 is 0 Å². The summed E-state index contributed by atoms with van der Waals surface area (Å²) in [6.45, 7) is 2.43. The summed E-state index contributed by atoms with van der Waals surface area (Å²) in [5.74, 6) is 0. The van der Waals surface area contributed by atoms with Crippen LogP contribution in [0.5, 0.6) is 0 Å². The number of anilines is 1. The maximum absolute atomic E-state index is 12.5. The number of thiophene rings is 1. The van der Waals surface area contributed by atoms with E-state index in [1.165, 1.54) is 24.2 Å². The minimum absolute atomic E-state index is 0.357. The normalized spacial score (nSPS) is 15.1. The predicted molar refractivity (Wildman–Crippen MR) is 84.0 cm³/mol. The maximum atomic E-state index is 12.5. The van der Waals surface area contributed by atoms with Crippen molar-refractivity contribution < 1.29 is 8.42 Å². The van der Waals surface area contributed by atoms with Gasteiger partial charge in [-0.15, -0.1) is 11.3 Å². The van der Waals surface area contributed by atoms with E-state index in [1.807, 2.05) is 12.3 Å². The maximum Gasteiger partial charge on any atom is 0.263 e. The van der Waals surface area contributed by atoms with E-state index in [1.54, 1.807) is 24.4 Å². The zero-order chi connectivity index (χ0) is 14.9. The Balaban J connectivity index is 1.79. The molecule has 0 bridgehead atoms. The van der Waals surface area contributed by atoms with E-state index < -0.39 is 10.0 Å². The number of aromatic nitrogens is 1. The number of pyridine rings is 1. The lowest BCUT2D eigenvalue weighted by Crippen LogP contribution is -2.18. The van der Waals surface area contributed by atoms with Crippen LogP contribution >= 0.6 is 11.3 Å². The van der Waals surface area contributed by atoms with Crippen LogP contribution < -0.4 is 10.0 Å². The molecule has 21 heavy (non-hydrogen) atoms. The van der Waals surface area contributed by atoms with Crippen molar-refractivity contribution in [2.45, 2.75) is 37.2 Å². The first-order valence-corrected chi connectivity index (χ1v) is 9.16. The average Bonchev–Trinajstić information content (AvgIpc) is 3.12. The molecular weight excluding hydrogens is 306 g/mol. The molecule has 0 aromatic carbocycles. The van der Waals surface area contributed by atoms with Crippen LogP contribution in [0.15, 0.2) is 34.7 Å². The number of aryl methyl sites for hydroxylation is 1. The van der Waals surface area contributed by atoms with Crippen LogP contribution in [0.4, 0.5) is 5.69 Å². The van der Waals surface area contributed by atoms with Gasteiger partial charge < -0.3 is 5.32 Å². The Kier molecular flexibility index (Phi) is 3.97. The van der Waals surface area contributed by atoms with Gasteiger partial charge in [0, 0.05) is 29.4 Å². The van der Waals surface area contributed by atoms with Gasteiger partial charge in [-0.1, -0.05) is 0 Å². The summed E-state index contributed by atoms with van der Waals surface area (Å²) in [6.07, 6.45) is 3.96. The lowest BCUT2D eigenvalue weighted by Gasteiger charge is -2.09. The van der Waals surface area contributed by atoms with Crippen molar-refractivity contribution in [2.75, 3.05) is 4.72 Å². The standard InChI is InChI=1S/C14H17N3O2S2/c1-10-8-12(4-6-15-10)17-21(18,19)14-5-7-20-13(14)9-16-11-2-3-11/h4-8,11,16H,2-3,9H2,1H3,(H,15,17). The van der Waals surface area contributed by atoms with Gasteiger partial charge in [-0.3, -0.25) is 9.71 Å². The van der Waals surface area contributed by atoms with Crippen molar-refractivity contribution >= 4 is 27.0 Å². The lowest BCUT2D eigenvalue weighted by molar-refractivity contribution is 0.599. The summed E-state index contributed by atoms with van der Waals surface area (Å²) < 4.78 is 27.6. The summed E-state index contributed by atoms with van der Waals surface area (Å²) in [5.41, 5.74) is 1.31. The topological polar surface area (TPSA) is 71.1 Å². The van der Waals surface area contributed by atoms with Crippen molar-refractivity contribution in [1.29, 1.82) is 0 Å². The van der Waals surface area contributed by atoms with Crippen LogP contribution in [0.2, 0.25) is 0 Å². The summed E-state index contributed by atoms with van der Waals surface area (Å²) >= 11 is 1.47. The summed E-state index contributed by atoms with van der Waals surface area (Å²) in [6, 6.07) is 5.58. The van der Waals surface area contributed by atoms with Gasteiger partial charge in [-0.2, -0.15) is 0 Å². The molecule has 2 aromatic heterocycles. The second-order valence-corrected chi connectivity index (χ2v) is 7.81. The number of rotatable bonds is 6. The Morgan fingerprint density at radius 2 is 2.19 bits per heavy atom. The van der Waals surface area contributed by atoms with E-state index in [2.05, 4.69) is 15.0 Å². The largest absolute Gasteiger partial charge is 0.309 e. The van der Waals surface area contributed by atoms with Gasteiger partial charge in [0.05, 0.1) is 5.69 Å². The molecule has 1 fully saturated rings. The molecule has 0 radical (unpaired) electrons. The van der Waals surface area contributed by atoms with E-state index >= 15 is 0 Å². The fraction of sp³-hybridized carbons (Fsp3) is 0.357. The Labute approximate surface area is 128 Å². The monoisotopic (exact) mass is 323 g/mol. The third kappa shape index (κ3) is 3.61. The fourth-order valence-corrected chi connectivity index (χ4v) is 4.49. The Morgan fingerprint density at radius 1 is 1.38 bits per heavy atom. The molecule has 0 aliphatic heterocycles. The van der Waals surface area contributed by atoms with Gasteiger partial charge in [-0.05, 0) is 43.3 Å². The summed E-state index contributed by atoms with van der Waals surface area (Å²) in [4.78, 5) is 5.27. The average molecular weight is 323 g/mol. The van der Waals surface area contributed by atoms with Crippen molar-refractivity contribution in [3.05, 3.63) is 40.3 Å². The zero-order valence-electron chi connectivity index (χ0n) is 11.7. The predicted octanol–water partition coefficient (Wildman–Crippen LogP) is 2.50. The number of sulfonamides is 1. The molecule has 0 unspecified atom stereocenters. The number of hydrogen-bond donors (Lipinski definition) is 2. The van der Waals surface area contributed by atoms with Crippen molar-refractivity contribution in [1.82, 2.24) is 10.3 Å². The van der Waals surface area contributed by atoms with Gasteiger partial charge in [-0.25, -0.2) is 8.42 Å². The minimum Gasteiger partial charge on any atom is -0.309 e. The van der Waals surface area contributed by atoms with E-state index in [0.717, 1.165) is 10.6 Å². The van der Waals surface area contributed by atoms with Crippen LogP contribution in [-0.2, 0) is 16.6 Å². The Morgan fingerprint density at radius 3 is 2.90 bits per heavy atom. The second kappa shape index (κ2) is 5.75. The highest BCUT2D eigenvalue weighted by Crippen LogP contribution is 2.26. The minimum atomic E-state index is -3.55. The fourth-order valence-electron chi connectivity index (χ4n) is 2.04. The molecule has 2 N–H and O–H groups in total.